The molecule has 0 aromatic carbocycles. The monoisotopic (exact) mass is 358 g/mol. The molecule has 0 bridgehead atoms. The molecule has 142 valence electrons. The van der Waals surface area contributed by atoms with Gasteiger partial charge in [-0.1, -0.05) is 32.4 Å². The Morgan fingerprint density at radius 2 is 1.96 bits per heavy atom. The van der Waals surface area contributed by atoms with Crippen LogP contribution in [0, 0.1) is 22.7 Å². The zero-order valence-electron chi connectivity index (χ0n) is 16.5. The maximum atomic E-state index is 12.8. The highest BCUT2D eigenvalue weighted by Gasteiger charge is 2.54. The second kappa shape index (κ2) is 6.40. The SMILES string of the molecule is COC1=CC(=O)C(O)=C(C[C@]2(C)[C@H](C)CC[C@]3(C)C(C)=CCC[C@@H]23)C1=O. The Bertz CT molecular complexity index is 741. The van der Waals surface area contributed by atoms with Gasteiger partial charge in [0.2, 0.25) is 11.6 Å². The van der Waals surface area contributed by atoms with Gasteiger partial charge in [0.05, 0.1) is 7.11 Å². The van der Waals surface area contributed by atoms with Gasteiger partial charge in [-0.15, -0.1) is 0 Å². The maximum Gasteiger partial charge on any atom is 0.227 e. The van der Waals surface area contributed by atoms with Crippen molar-refractivity contribution in [1.29, 1.82) is 0 Å². The standard InChI is InChI=1S/C22H30O4/c1-13-7-6-8-18-21(13,3)10-9-14(2)22(18,4)12-15-19(24)16(23)11-17(26-5)20(15)25/h7,11,14,18,24H,6,8-10,12H2,1-5H3/t14-,18-,21-,22-/m1/s1. The third kappa shape index (κ3) is 2.65. The van der Waals surface area contributed by atoms with Gasteiger partial charge in [-0.05, 0) is 61.7 Å². The minimum atomic E-state index is -0.536. The highest BCUT2D eigenvalue weighted by molar-refractivity contribution is 6.20. The van der Waals surface area contributed by atoms with Crippen LogP contribution in [0.25, 0.3) is 0 Å². The van der Waals surface area contributed by atoms with Crippen molar-refractivity contribution in [2.75, 3.05) is 7.11 Å². The molecule has 0 aliphatic heterocycles. The number of Topliss-reactive ketones (excluding diaryl/α,β-unsaturated/α-hetero) is 1. The number of allylic oxidation sites excluding steroid dienone is 4. The number of fused-ring (bicyclic) bond motifs is 1. The second-order valence-corrected chi connectivity index (χ2v) is 8.79. The Balaban J connectivity index is 2.02. The lowest BCUT2D eigenvalue weighted by molar-refractivity contribution is -0.120. The van der Waals surface area contributed by atoms with E-state index in [1.165, 1.54) is 12.7 Å². The summed E-state index contributed by atoms with van der Waals surface area (Å²) >= 11 is 0. The fourth-order valence-corrected chi connectivity index (χ4v) is 5.56. The second-order valence-electron chi connectivity index (χ2n) is 8.79. The lowest BCUT2D eigenvalue weighted by atomic mass is 9.46. The van der Waals surface area contributed by atoms with Gasteiger partial charge in [0, 0.05) is 11.6 Å². The normalized spacial score (nSPS) is 37.9. The van der Waals surface area contributed by atoms with Crippen molar-refractivity contribution in [3.05, 3.63) is 34.8 Å². The van der Waals surface area contributed by atoms with Crippen LogP contribution in [-0.2, 0) is 14.3 Å². The zero-order valence-corrected chi connectivity index (χ0v) is 16.5. The highest BCUT2D eigenvalue weighted by atomic mass is 16.5. The number of rotatable bonds is 3. The van der Waals surface area contributed by atoms with Crippen LogP contribution in [0.2, 0.25) is 0 Å². The lowest BCUT2D eigenvalue weighted by Gasteiger charge is -2.58. The van der Waals surface area contributed by atoms with Crippen LogP contribution in [0.15, 0.2) is 34.8 Å². The van der Waals surface area contributed by atoms with Gasteiger partial charge in [-0.2, -0.15) is 0 Å². The van der Waals surface area contributed by atoms with E-state index in [0.29, 0.717) is 18.3 Å². The number of methoxy groups -OCH3 is 1. The molecule has 0 saturated heterocycles. The molecular weight excluding hydrogens is 328 g/mol. The molecule has 4 heteroatoms. The van der Waals surface area contributed by atoms with E-state index >= 15 is 0 Å². The first-order valence-electron chi connectivity index (χ1n) is 9.59. The molecule has 1 N–H and O–H groups in total. The summed E-state index contributed by atoms with van der Waals surface area (Å²) in [5.74, 6) is -0.438. The fourth-order valence-electron chi connectivity index (χ4n) is 5.56. The summed E-state index contributed by atoms with van der Waals surface area (Å²) in [6, 6.07) is 0. The van der Waals surface area contributed by atoms with E-state index in [1.54, 1.807) is 0 Å². The van der Waals surface area contributed by atoms with Crippen molar-refractivity contribution >= 4 is 11.6 Å². The summed E-state index contributed by atoms with van der Waals surface area (Å²) in [5, 5.41) is 10.4. The van der Waals surface area contributed by atoms with E-state index < -0.39 is 11.5 Å². The van der Waals surface area contributed by atoms with Crippen LogP contribution in [-0.4, -0.2) is 23.8 Å². The molecule has 1 fully saturated rings. The van der Waals surface area contributed by atoms with Crippen LogP contribution >= 0.6 is 0 Å². The van der Waals surface area contributed by atoms with Gasteiger partial charge in [-0.3, -0.25) is 9.59 Å². The Labute approximate surface area is 156 Å². The van der Waals surface area contributed by atoms with Gasteiger partial charge in [0.15, 0.2) is 11.5 Å². The molecule has 0 heterocycles. The van der Waals surface area contributed by atoms with Crippen LogP contribution in [0.4, 0.5) is 0 Å². The first-order valence-corrected chi connectivity index (χ1v) is 9.59. The Morgan fingerprint density at radius 3 is 2.62 bits per heavy atom. The smallest absolute Gasteiger partial charge is 0.227 e. The van der Waals surface area contributed by atoms with E-state index in [0.717, 1.165) is 31.8 Å². The minimum absolute atomic E-state index is 0.0253. The molecule has 26 heavy (non-hydrogen) atoms. The highest BCUT2D eigenvalue weighted by Crippen LogP contribution is 2.62. The van der Waals surface area contributed by atoms with Crippen molar-refractivity contribution < 1.29 is 19.4 Å². The molecule has 0 radical (unpaired) electrons. The van der Waals surface area contributed by atoms with Gasteiger partial charge in [0.25, 0.3) is 0 Å². The quantitative estimate of drug-likeness (QED) is 0.588. The largest absolute Gasteiger partial charge is 0.504 e. The maximum absolute atomic E-state index is 12.8. The summed E-state index contributed by atoms with van der Waals surface area (Å²) in [5.41, 5.74) is 1.63. The molecule has 4 nitrogen and oxygen atoms in total. The Hall–Kier alpha value is -1.84. The Kier molecular flexibility index (Phi) is 4.66. The lowest BCUT2D eigenvalue weighted by Crippen LogP contribution is -2.50. The summed E-state index contributed by atoms with van der Waals surface area (Å²) < 4.78 is 5.08. The van der Waals surface area contributed by atoms with Gasteiger partial charge < -0.3 is 9.84 Å². The molecule has 3 aliphatic carbocycles. The average Bonchev–Trinajstić information content (AvgIpc) is 2.61. The summed E-state index contributed by atoms with van der Waals surface area (Å²) in [7, 11) is 1.38. The van der Waals surface area contributed by atoms with Crippen molar-refractivity contribution in [1.82, 2.24) is 0 Å². The van der Waals surface area contributed by atoms with E-state index in [1.807, 2.05) is 0 Å². The third-order valence-electron chi connectivity index (χ3n) is 7.65. The average molecular weight is 358 g/mol. The number of ether oxygens (including phenoxy) is 1. The summed E-state index contributed by atoms with van der Waals surface area (Å²) in [6.45, 7) is 9.05. The third-order valence-corrected chi connectivity index (χ3v) is 7.65. The Morgan fingerprint density at radius 1 is 1.27 bits per heavy atom. The van der Waals surface area contributed by atoms with E-state index in [9.17, 15) is 14.7 Å². The fraction of sp³-hybridized carbons (Fsp3) is 0.636. The minimum Gasteiger partial charge on any atom is -0.504 e. The molecule has 0 aromatic rings. The van der Waals surface area contributed by atoms with Crippen molar-refractivity contribution in [3.8, 4) is 0 Å². The van der Waals surface area contributed by atoms with Gasteiger partial charge >= 0.3 is 0 Å². The number of hydrogen-bond acceptors (Lipinski definition) is 4. The predicted octanol–water partition coefficient (Wildman–Crippen LogP) is 4.67. The molecule has 4 atom stereocenters. The molecule has 3 aliphatic rings. The number of carbonyl (C=O) groups is 2. The number of ketones is 2. The molecule has 0 aromatic heterocycles. The number of carbonyl (C=O) groups excluding carboxylic acids is 2. The first kappa shape index (κ1) is 18.9. The first-order chi connectivity index (χ1) is 12.1. The topological polar surface area (TPSA) is 63.6 Å². The van der Waals surface area contributed by atoms with Gasteiger partial charge in [-0.25, -0.2) is 0 Å². The van der Waals surface area contributed by atoms with E-state index in [4.69, 9.17) is 4.74 Å². The molecule has 0 unspecified atom stereocenters. The number of aliphatic hydroxyl groups excluding tert-OH is 1. The van der Waals surface area contributed by atoms with Crippen LogP contribution in [0.5, 0.6) is 0 Å². The number of hydrogen-bond donors (Lipinski definition) is 1. The van der Waals surface area contributed by atoms with Crippen molar-refractivity contribution in [3.63, 3.8) is 0 Å². The van der Waals surface area contributed by atoms with Crippen LogP contribution < -0.4 is 0 Å². The summed E-state index contributed by atoms with van der Waals surface area (Å²) in [6.07, 6.45) is 8.22. The van der Waals surface area contributed by atoms with Crippen molar-refractivity contribution in [2.45, 2.75) is 59.8 Å². The van der Waals surface area contributed by atoms with Crippen LogP contribution in [0.1, 0.15) is 59.8 Å². The van der Waals surface area contributed by atoms with Crippen molar-refractivity contribution in [2.24, 2.45) is 22.7 Å². The predicted molar refractivity (Wildman–Crippen MR) is 100 cm³/mol. The van der Waals surface area contributed by atoms with Gasteiger partial charge in [0.1, 0.15) is 0 Å². The zero-order chi connectivity index (χ0) is 19.3. The molecule has 1 saturated carbocycles. The van der Waals surface area contributed by atoms with Crippen LogP contribution in [0.3, 0.4) is 0 Å². The van der Waals surface area contributed by atoms with E-state index in [2.05, 4.69) is 33.8 Å². The molecular formula is C22H30O4. The summed E-state index contributed by atoms with van der Waals surface area (Å²) in [4.78, 5) is 24.9. The molecule has 3 rings (SSSR count). The van der Waals surface area contributed by atoms with E-state index in [-0.39, 0.29) is 27.9 Å². The number of aliphatic hydroxyl groups is 1. The molecule has 0 amide bonds. The molecule has 0 spiro atoms.